The van der Waals surface area contributed by atoms with Gasteiger partial charge in [0.2, 0.25) is 0 Å². The van der Waals surface area contributed by atoms with E-state index < -0.39 is 0 Å². The third-order valence-corrected chi connectivity index (χ3v) is 5.05. The summed E-state index contributed by atoms with van der Waals surface area (Å²) < 4.78 is 28.1. The molecule has 1 fully saturated rings. The predicted molar refractivity (Wildman–Crippen MR) is 108 cm³/mol. The third-order valence-electron chi connectivity index (χ3n) is 5.05. The molecule has 0 amide bonds. The summed E-state index contributed by atoms with van der Waals surface area (Å²) >= 11 is 0. The average Bonchev–Trinajstić information content (AvgIpc) is 3.27. The van der Waals surface area contributed by atoms with Crippen LogP contribution < -0.4 is 24.3 Å². The largest absolute Gasteiger partial charge is 0.493 e. The van der Waals surface area contributed by atoms with Gasteiger partial charge in [0.15, 0.2) is 23.0 Å². The molecular formula is C22H29NO5. The van der Waals surface area contributed by atoms with E-state index in [1.54, 1.807) is 28.4 Å². The maximum Gasteiger partial charge on any atom is 0.161 e. The van der Waals surface area contributed by atoms with E-state index in [0.717, 1.165) is 24.1 Å². The van der Waals surface area contributed by atoms with Crippen LogP contribution in [0, 0.1) is 0 Å². The van der Waals surface area contributed by atoms with Gasteiger partial charge >= 0.3 is 0 Å². The monoisotopic (exact) mass is 387 g/mol. The molecule has 6 nitrogen and oxygen atoms in total. The van der Waals surface area contributed by atoms with Gasteiger partial charge in [-0.05, 0) is 54.8 Å². The van der Waals surface area contributed by atoms with Gasteiger partial charge in [0, 0.05) is 6.04 Å². The van der Waals surface area contributed by atoms with E-state index >= 15 is 0 Å². The Morgan fingerprint density at radius 3 is 1.79 bits per heavy atom. The molecule has 152 valence electrons. The predicted octanol–water partition coefficient (Wildman–Crippen LogP) is 3.58. The fourth-order valence-electron chi connectivity index (χ4n) is 3.53. The Labute approximate surface area is 166 Å². The second-order valence-electron chi connectivity index (χ2n) is 6.74. The van der Waals surface area contributed by atoms with Gasteiger partial charge in [0.05, 0.1) is 35.0 Å². The second kappa shape index (κ2) is 9.66. The fraction of sp³-hybridized carbons (Fsp3) is 0.455. The molecule has 0 spiro atoms. The van der Waals surface area contributed by atoms with Crippen molar-refractivity contribution in [2.75, 3.05) is 41.6 Å². The Morgan fingerprint density at radius 1 is 0.821 bits per heavy atom. The van der Waals surface area contributed by atoms with Crippen molar-refractivity contribution in [3.63, 3.8) is 0 Å². The summed E-state index contributed by atoms with van der Waals surface area (Å²) in [5.74, 6) is 2.73. The lowest BCUT2D eigenvalue weighted by Gasteiger charge is -2.23. The van der Waals surface area contributed by atoms with Crippen molar-refractivity contribution in [3.05, 3.63) is 47.5 Å². The Balaban J connectivity index is 1.94. The molecule has 2 aromatic carbocycles. The molecule has 2 aromatic rings. The second-order valence-corrected chi connectivity index (χ2v) is 6.74. The number of benzene rings is 2. The lowest BCUT2D eigenvalue weighted by atomic mass is 10.00. The van der Waals surface area contributed by atoms with Gasteiger partial charge in [-0.15, -0.1) is 0 Å². The Kier molecular flexibility index (Phi) is 7.01. The topological polar surface area (TPSA) is 58.2 Å². The van der Waals surface area contributed by atoms with E-state index in [2.05, 4.69) is 5.32 Å². The highest BCUT2D eigenvalue weighted by Crippen LogP contribution is 2.37. The Hall–Kier alpha value is -2.44. The molecule has 1 aliphatic rings. The van der Waals surface area contributed by atoms with Crippen LogP contribution in [0.4, 0.5) is 0 Å². The molecule has 1 atom stereocenters. The number of rotatable bonds is 9. The van der Waals surface area contributed by atoms with E-state index in [-0.39, 0.29) is 6.10 Å². The normalized spacial score (nSPS) is 16.2. The van der Waals surface area contributed by atoms with Crippen molar-refractivity contribution in [2.45, 2.75) is 25.0 Å². The van der Waals surface area contributed by atoms with Gasteiger partial charge in [-0.25, -0.2) is 0 Å². The first-order chi connectivity index (χ1) is 13.7. The summed E-state index contributed by atoms with van der Waals surface area (Å²) in [6.45, 7) is 1.68. The highest BCUT2D eigenvalue weighted by molar-refractivity contribution is 5.48. The fourth-order valence-corrected chi connectivity index (χ4v) is 3.53. The van der Waals surface area contributed by atoms with Crippen molar-refractivity contribution < 1.29 is 23.7 Å². The first-order valence-electron chi connectivity index (χ1n) is 9.49. The molecule has 3 rings (SSSR count). The molecule has 6 heteroatoms. The standard InChI is InChI=1S/C22H29NO5/c1-24-18-9-7-15(12-20(18)26-3)22(28-14-17-6-5-11-23-17)16-8-10-19(25-2)21(13-16)27-4/h7-10,12-13,17,22-23H,5-6,11,14H2,1-4H3/t17-/m0/s1. The highest BCUT2D eigenvalue weighted by atomic mass is 16.5. The van der Waals surface area contributed by atoms with Crippen LogP contribution in [-0.2, 0) is 4.74 Å². The average molecular weight is 387 g/mol. The van der Waals surface area contributed by atoms with E-state index in [0.29, 0.717) is 35.6 Å². The number of nitrogens with one attached hydrogen (secondary N) is 1. The van der Waals surface area contributed by atoms with Gasteiger partial charge in [-0.1, -0.05) is 12.1 Å². The smallest absolute Gasteiger partial charge is 0.161 e. The van der Waals surface area contributed by atoms with E-state index in [1.165, 1.54) is 6.42 Å². The quantitative estimate of drug-likeness (QED) is 0.710. The molecule has 0 saturated carbocycles. The van der Waals surface area contributed by atoms with Crippen LogP contribution in [0.3, 0.4) is 0 Å². The lowest BCUT2D eigenvalue weighted by Crippen LogP contribution is -2.27. The van der Waals surface area contributed by atoms with E-state index in [1.807, 2.05) is 36.4 Å². The lowest BCUT2D eigenvalue weighted by molar-refractivity contribution is 0.0655. The molecule has 28 heavy (non-hydrogen) atoms. The number of methoxy groups -OCH3 is 4. The minimum atomic E-state index is -0.262. The summed E-state index contributed by atoms with van der Waals surface area (Å²) in [6.07, 6.45) is 2.05. The van der Waals surface area contributed by atoms with E-state index in [4.69, 9.17) is 23.7 Å². The van der Waals surface area contributed by atoms with Crippen molar-refractivity contribution >= 4 is 0 Å². The van der Waals surface area contributed by atoms with Gasteiger partial charge in [0.25, 0.3) is 0 Å². The molecule has 0 unspecified atom stereocenters. The van der Waals surface area contributed by atoms with Crippen LogP contribution in [-0.4, -0.2) is 47.6 Å². The summed E-state index contributed by atoms with van der Waals surface area (Å²) in [5.41, 5.74) is 1.98. The molecule has 0 bridgehead atoms. The summed E-state index contributed by atoms with van der Waals surface area (Å²) in [6, 6.07) is 12.1. The molecule has 1 heterocycles. The highest BCUT2D eigenvalue weighted by Gasteiger charge is 2.22. The number of hydrogen-bond donors (Lipinski definition) is 1. The molecule has 0 aromatic heterocycles. The molecule has 1 N–H and O–H groups in total. The van der Waals surface area contributed by atoms with Crippen LogP contribution >= 0.6 is 0 Å². The first kappa shape index (κ1) is 20.3. The molecule has 0 aliphatic carbocycles. The van der Waals surface area contributed by atoms with Crippen LogP contribution in [0.1, 0.15) is 30.1 Å². The van der Waals surface area contributed by atoms with Crippen molar-refractivity contribution in [3.8, 4) is 23.0 Å². The minimum absolute atomic E-state index is 0.262. The molecule has 1 aliphatic heterocycles. The maximum atomic E-state index is 6.39. The summed E-state index contributed by atoms with van der Waals surface area (Å²) in [4.78, 5) is 0. The molecule has 1 saturated heterocycles. The van der Waals surface area contributed by atoms with Crippen LogP contribution in [0.2, 0.25) is 0 Å². The third kappa shape index (κ3) is 4.51. The number of hydrogen-bond acceptors (Lipinski definition) is 6. The maximum absolute atomic E-state index is 6.39. The van der Waals surface area contributed by atoms with E-state index in [9.17, 15) is 0 Å². The Bertz CT molecular complexity index is 718. The summed E-state index contributed by atoms with van der Waals surface area (Å²) in [7, 11) is 6.53. The van der Waals surface area contributed by atoms with Crippen molar-refractivity contribution in [1.82, 2.24) is 5.32 Å². The minimum Gasteiger partial charge on any atom is -0.493 e. The van der Waals surface area contributed by atoms with Gasteiger partial charge < -0.3 is 29.0 Å². The van der Waals surface area contributed by atoms with Gasteiger partial charge in [0.1, 0.15) is 6.10 Å². The first-order valence-corrected chi connectivity index (χ1v) is 9.49. The van der Waals surface area contributed by atoms with Crippen molar-refractivity contribution in [1.29, 1.82) is 0 Å². The summed E-state index contributed by atoms with van der Waals surface area (Å²) in [5, 5.41) is 3.48. The van der Waals surface area contributed by atoms with Crippen molar-refractivity contribution in [2.24, 2.45) is 0 Å². The number of ether oxygens (including phenoxy) is 5. The molecule has 0 radical (unpaired) electrons. The van der Waals surface area contributed by atoms with Gasteiger partial charge in [-0.2, -0.15) is 0 Å². The molecular weight excluding hydrogens is 358 g/mol. The zero-order valence-corrected chi connectivity index (χ0v) is 17.0. The Morgan fingerprint density at radius 2 is 1.36 bits per heavy atom. The zero-order valence-electron chi connectivity index (χ0n) is 17.0. The van der Waals surface area contributed by atoms with Crippen LogP contribution in [0.5, 0.6) is 23.0 Å². The van der Waals surface area contributed by atoms with Crippen LogP contribution in [0.25, 0.3) is 0 Å². The van der Waals surface area contributed by atoms with Crippen LogP contribution in [0.15, 0.2) is 36.4 Å². The van der Waals surface area contributed by atoms with Gasteiger partial charge in [-0.3, -0.25) is 0 Å². The SMILES string of the molecule is COc1ccc(C(OC[C@@H]2CCCN2)c2ccc(OC)c(OC)c2)cc1OC. The zero-order chi connectivity index (χ0) is 19.9.